The van der Waals surface area contributed by atoms with Gasteiger partial charge in [0.15, 0.2) is 0 Å². The van der Waals surface area contributed by atoms with Crippen molar-refractivity contribution in [2.24, 2.45) is 0 Å². The Morgan fingerprint density at radius 3 is 2.60 bits per heavy atom. The Labute approximate surface area is 120 Å². The van der Waals surface area contributed by atoms with Crippen LogP contribution in [0.5, 0.6) is 0 Å². The number of unbranched alkanes of at least 4 members (excludes halogenated alkanes) is 3. The van der Waals surface area contributed by atoms with E-state index in [1.54, 1.807) is 4.90 Å². The molecule has 4 nitrogen and oxygen atoms in total. The molecule has 1 heterocycles. The molecule has 1 aromatic rings. The molecule has 0 spiro atoms. The summed E-state index contributed by atoms with van der Waals surface area (Å²) in [7, 11) is 0. The van der Waals surface area contributed by atoms with E-state index in [4.69, 9.17) is 0 Å². The first kappa shape index (κ1) is 14.6. The van der Waals surface area contributed by atoms with Crippen molar-refractivity contribution in [3.63, 3.8) is 0 Å². The van der Waals surface area contributed by atoms with Crippen LogP contribution in [0.3, 0.4) is 0 Å². The number of hydrogen-bond donors (Lipinski definition) is 1. The average Bonchev–Trinajstić information content (AvgIpc) is 2.47. The van der Waals surface area contributed by atoms with E-state index in [1.807, 2.05) is 30.3 Å². The predicted octanol–water partition coefficient (Wildman–Crippen LogP) is 2.27. The Morgan fingerprint density at radius 2 is 1.90 bits per heavy atom. The molecule has 108 valence electrons. The predicted molar refractivity (Wildman–Crippen MR) is 78.0 cm³/mol. The average molecular weight is 274 g/mol. The third-order valence-electron chi connectivity index (χ3n) is 3.61. The zero-order valence-electron chi connectivity index (χ0n) is 12.0. The zero-order valence-corrected chi connectivity index (χ0v) is 12.0. The van der Waals surface area contributed by atoms with Crippen LogP contribution in [-0.2, 0) is 9.59 Å². The van der Waals surface area contributed by atoms with Crippen molar-refractivity contribution in [3.8, 4) is 0 Å². The molecule has 0 aliphatic carbocycles. The van der Waals surface area contributed by atoms with Crippen molar-refractivity contribution in [2.75, 3.05) is 13.1 Å². The smallest absolute Gasteiger partial charge is 0.250 e. The maximum Gasteiger partial charge on any atom is 0.250 e. The summed E-state index contributed by atoms with van der Waals surface area (Å²) in [6.07, 6.45) is 4.42. The van der Waals surface area contributed by atoms with E-state index >= 15 is 0 Å². The van der Waals surface area contributed by atoms with E-state index in [0.717, 1.165) is 18.4 Å². The number of benzene rings is 1. The minimum Gasteiger partial charge on any atom is -0.339 e. The third-order valence-corrected chi connectivity index (χ3v) is 3.61. The quantitative estimate of drug-likeness (QED) is 0.809. The largest absolute Gasteiger partial charge is 0.339 e. The fourth-order valence-electron chi connectivity index (χ4n) is 2.49. The lowest BCUT2D eigenvalue weighted by Gasteiger charge is -2.32. The lowest BCUT2D eigenvalue weighted by Crippen LogP contribution is -2.53. The molecule has 2 rings (SSSR count). The maximum atomic E-state index is 12.4. The van der Waals surface area contributed by atoms with Crippen LogP contribution < -0.4 is 5.32 Å². The van der Waals surface area contributed by atoms with E-state index in [0.29, 0.717) is 6.54 Å². The highest BCUT2D eigenvalue weighted by Gasteiger charge is 2.33. The highest BCUT2D eigenvalue weighted by molar-refractivity contribution is 5.95. The fraction of sp³-hybridized carbons (Fsp3) is 0.500. The molecular weight excluding hydrogens is 252 g/mol. The summed E-state index contributed by atoms with van der Waals surface area (Å²) in [4.78, 5) is 25.9. The highest BCUT2D eigenvalue weighted by Crippen LogP contribution is 2.19. The third kappa shape index (κ3) is 3.59. The van der Waals surface area contributed by atoms with E-state index in [-0.39, 0.29) is 18.4 Å². The molecule has 1 saturated heterocycles. The Balaban J connectivity index is 2.00. The molecule has 2 amide bonds. The minimum absolute atomic E-state index is 0.00676. The molecule has 1 N–H and O–H groups in total. The molecule has 0 radical (unpaired) electrons. The van der Waals surface area contributed by atoms with Crippen LogP contribution >= 0.6 is 0 Å². The second kappa shape index (κ2) is 7.08. The Kier molecular flexibility index (Phi) is 5.16. The van der Waals surface area contributed by atoms with Gasteiger partial charge in [-0.05, 0) is 12.0 Å². The molecule has 1 aliphatic heterocycles. The van der Waals surface area contributed by atoms with Gasteiger partial charge in [-0.2, -0.15) is 0 Å². The van der Waals surface area contributed by atoms with E-state index in [1.165, 1.54) is 12.8 Å². The van der Waals surface area contributed by atoms with Crippen LogP contribution in [0.4, 0.5) is 0 Å². The Hall–Kier alpha value is -1.84. The van der Waals surface area contributed by atoms with Gasteiger partial charge in [0.2, 0.25) is 11.8 Å². The Morgan fingerprint density at radius 1 is 1.15 bits per heavy atom. The summed E-state index contributed by atoms with van der Waals surface area (Å²) in [5.41, 5.74) is 0.851. The van der Waals surface area contributed by atoms with Crippen molar-refractivity contribution in [2.45, 2.75) is 38.6 Å². The Bertz CT molecular complexity index is 459. The molecule has 1 atom stereocenters. The number of carbonyl (C=O) groups excluding carboxylic acids is 2. The zero-order chi connectivity index (χ0) is 14.4. The van der Waals surface area contributed by atoms with Gasteiger partial charge < -0.3 is 10.2 Å². The molecular formula is C16H22N2O2. The molecule has 1 unspecified atom stereocenters. The van der Waals surface area contributed by atoms with E-state index in [9.17, 15) is 9.59 Å². The van der Waals surface area contributed by atoms with Gasteiger partial charge in [0.1, 0.15) is 6.04 Å². The molecule has 0 aromatic heterocycles. The number of carbonyl (C=O) groups is 2. The highest BCUT2D eigenvalue weighted by atomic mass is 16.2. The second-order valence-electron chi connectivity index (χ2n) is 5.23. The molecule has 1 aromatic carbocycles. The van der Waals surface area contributed by atoms with Gasteiger partial charge in [-0.25, -0.2) is 0 Å². The lowest BCUT2D eigenvalue weighted by atomic mass is 10.0. The summed E-state index contributed by atoms with van der Waals surface area (Å²) in [5.74, 6) is -0.0683. The van der Waals surface area contributed by atoms with Gasteiger partial charge >= 0.3 is 0 Å². The van der Waals surface area contributed by atoms with Gasteiger partial charge in [-0.1, -0.05) is 56.5 Å². The fourth-order valence-corrected chi connectivity index (χ4v) is 2.49. The molecule has 20 heavy (non-hydrogen) atoms. The van der Waals surface area contributed by atoms with Crippen LogP contribution in [0, 0.1) is 0 Å². The molecule has 1 aliphatic rings. The number of nitrogens with zero attached hydrogens (tertiary/aromatic N) is 1. The first-order valence-corrected chi connectivity index (χ1v) is 7.35. The van der Waals surface area contributed by atoms with Crippen LogP contribution in [0.25, 0.3) is 0 Å². The maximum absolute atomic E-state index is 12.4. The monoisotopic (exact) mass is 274 g/mol. The number of nitrogens with one attached hydrogen (secondary N) is 1. The van der Waals surface area contributed by atoms with Crippen LogP contribution in [-0.4, -0.2) is 29.8 Å². The normalized spacial score (nSPS) is 19.1. The van der Waals surface area contributed by atoms with Gasteiger partial charge in [-0.3, -0.25) is 9.59 Å². The van der Waals surface area contributed by atoms with Crippen molar-refractivity contribution >= 4 is 11.8 Å². The standard InChI is InChI=1S/C16H22N2O2/c1-2-3-4-8-11-18-12-14(19)17-15(16(18)20)13-9-6-5-7-10-13/h5-7,9-10,15H,2-4,8,11-12H2,1H3,(H,17,19). The number of amides is 2. The number of hydrogen-bond acceptors (Lipinski definition) is 2. The van der Waals surface area contributed by atoms with Crippen molar-refractivity contribution in [3.05, 3.63) is 35.9 Å². The SMILES string of the molecule is CCCCCCN1CC(=O)NC(c2ccccc2)C1=O. The lowest BCUT2D eigenvalue weighted by molar-refractivity contribution is -0.144. The van der Waals surface area contributed by atoms with Gasteiger partial charge in [0, 0.05) is 6.54 Å². The second-order valence-corrected chi connectivity index (χ2v) is 5.23. The van der Waals surface area contributed by atoms with Crippen molar-refractivity contribution in [1.82, 2.24) is 10.2 Å². The van der Waals surface area contributed by atoms with Gasteiger partial charge in [0.25, 0.3) is 0 Å². The van der Waals surface area contributed by atoms with Crippen LogP contribution in [0.2, 0.25) is 0 Å². The minimum atomic E-state index is -0.524. The molecule has 0 saturated carbocycles. The van der Waals surface area contributed by atoms with Crippen LogP contribution in [0.1, 0.15) is 44.2 Å². The van der Waals surface area contributed by atoms with E-state index < -0.39 is 6.04 Å². The summed E-state index contributed by atoms with van der Waals surface area (Å²) in [6.45, 7) is 3.02. The van der Waals surface area contributed by atoms with Crippen molar-refractivity contribution < 1.29 is 9.59 Å². The topological polar surface area (TPSA) is 49.4 Å². The summed E-state index contributed by atoms with van der Waals surface area (Å²) in [5, 5.41) is 2.78. The van der Waals surface area contributed by atoms with Gasteiger partial charge in [-0.15, -0.1) is 0 Å². The number of piperazine rings is 1. The summed E-state index contributed by atoms with van der Waals surface area (Å²) >= 11 is 0. The first-order chi connectivity index (χ1) is 9.72. The molecule has 4 heteroatoms. The summed E-state index contributed by atoms with van der Waals surface area (Å²) < 4.78 is 0. The first-order valence-electron chi connectivity index (χ1n) is 7.35. The van der Waals surface area contributed by atoms with Crippen molar-refractivity contribution in [1.29, 1.82) is 0 Å². The number of rotatable bonds is 6. The summed E-state index contributed by atoms with van der Waals surface area (Å²) in [6, 6.07) is 8.90. The van der Waals surface area contributed by atoms with E-state index in [2.05, 4.69) is 12.2 Å². The molecule has 0 bridgehead atoms. The molecule has 1 fully saturated rings. The van der Waals surface area contributed by atoms with Gasteiger partial charge in [0.05, 0.1) is 6.54 Å². The van der Waals surface area contributed by atoms with Crippen LogP contribution in [0.15, 0.2) is 30.3 Å².